The third kappa shape index (κ3) is 2.89. The van der Waals surface area contributed by atoms with Crippen LogP contribution in [0.25, 0.3) is 0 Å². The minimum atomic E-state index is -1.57. The molecule has 128 valence electrons. The van der Waals surface area contributed by atoms with Crippen LogP contribution in [0.3, 0.4) is 0 Å². The van der Waals surface area contributed by atoms with Crippen LogP contribution >= 0.6 is 11.3 Å². The summed E-state index contributed by atoms with van der Waals surface area (Å²) in [5, 5.41) is 8.15. The fourth-order valence-corrected chi connectivity index (χ4v) is 3.33. The molecular weight excluding hydrogens is 351 g/mol. The number of fused-ring (bicyclic) bond motifs is 1. The van der Waals surface area contributed by atoms with E-state index in [0.717, 1.165) is 23.4 Å². The van der Waals surface area contributed by atoms with Gasteiger partial charge in [0, 0.05) is 6.54 Å². The second-order valence-corrected chi connectivity index (χ2v) is 6.28. The van der Waals surface area contributed by atoms with Crippen molar-refractivity contribution in [1.29, 1.82) is 0 Å². The molecule has 0 bridgehead atoms. The molecule has 4 rings (SSSR count). The van der Waals surface area contributed by atoms with Crippen LogP contribution in [0.2, 0.25) is 0 Å². The standard InChI is InChI=1S/C17H12F3N3OS/c18-10-1-2-12(14(20)13(10)19)24-17-15-11(5-8-25-15)22-16(23-17)9-3-6-21-7-4-9/h1-6,8,16,21-22H,7H2. The lowest BCUT2D eigenvalue weighted by atomic mass is 10.1. The summed E-state index contributed by atoms with van der Waals surface area (Å²) >= 11 is 1.36. The fourth-order valence-electron chi connectivity index (χ4n) is 2.54. The second-order valence-electron chi connectivity index (χ2n) is 5.37. The van der Waals surface area contributed by atoms with Crippen molar-refractivity contribution in [3.63, 3.8) is 0 Å². The van der Waals surface area contributed by atoms with E-state index in [9.17, 15) is 13.2 Å². The molecule has 4 nitrogen and oxygen atoms in total. The number of dihydropyridines is 1. The number of anilines is 1. The highest BCUT2D eigenvalue weighted by molar-refractivity contribution is 7.12. The SMILES string of the molecule is Fc1ccc(OC2=NC(C3=CCNC=C3)Nc3ccsc32)c(F)c1F. The van der Waals surface area contributed by atoms with Crippen LogP contribution in [0.5, 0.6) is 5.75 Å². The summed E-state index contributed by atoms with van der Waals surface area (Å²) in [6, 6.07) is 3.72. The van der Waals surface area contributed by atoms with Gasteiger partial charge in [-0.05, 0) is 41.4 Å². The van der Waals surface area contributed by atoms with Gasteiger partial charge in [0.2, 0.25) is 11.7 Å². The number of benzene rings is 1. The molecule has 2 aliphatic rings. The van der Waals surface area contributed by atoms with E-state index >= 15 is 0 Å². The number of hydrogen-bond donors (Lipinski definition) is 2. The van der Waals surface area contributed by atoms with Gasteiger partial charge in [-0.25, -0.2) is 13.8 Å². The summed E-state index contributed by atoms with van der Waals surface area (Å²) < 4.78 is 46.0. The Balaban J connectivity index is 1.71. The highest BCUT2D eigenvalue weighted by Gasteiger charge is 2.26. The third-order valence-electron chi connectivity index (χ3n) is 3.77. The van der Waals surface area contributed by atoms with Crippen LogP contribution in [0.15, 0.2) is 52.5 Å². The highest BCUT2D eigenvalue weighted by Crippen LogP contribution is 2.32. The van der Waals surface area contributed by atoms with Gasteiger partial charge in [-0.2, -0.15) is 4.39 Å². The first-order chi connectivity index (χ1) is 12.1. The molecule has 2 aliphatic heterocycles. The molecule has 3 heterocycles. The molecule has 8 heteroatoms. The minimum absolute atomic E-state index is 0.159. The minimum Gasteiger partial charge on any atom is -0.435 e. The van der Waals surface area contributed by atoms with Crippen LogP contribution in [0.1, 0.15) is 4.88 Å². The number of hydrogen-bond acceptors (Lipinski definition) is 5. The number of nitrogens with zero attached hydrogens (tertiary/aromatic N) is 1. The van der Waals surface area contributed by atoms with Gasteiger partial charge >= 0.3 is 0 Å². The number of ether oxygens (including phenoxy) is 1. The summed E-state index contributed by atoms with van der Waals surface area (Å²) in [6.07, 6.45) is 5.24. The van der Waals surface area contributed by atoms with E-state index in [4.69, 9.17) is 4.74 Å². The van der Waals surface area contributed by atoms with Gasteiger partial charge in [-0.1, -0.05) is 6.08 Å². The lowest BCUT2D eigenvalue weighted by Gasteiger charge is -2.25. The molecule has 0 fully saturated rings. The lowest BCUT2D eigenvalue weighted by molar-refractivity contribution is 0.413. The van der Waals surface area contributed by atoms with Gasteiger partial charge < -0.3 is 15.4 Å². The van der Waals surface area contributed by atoms with Gasteiger partial charge in [0.25, 0.3) is 0 Å². The molecule has 1 aromatic heterocycles. The Morgan fingerprint density at radius 3 is 2.84 bits per heavy atom. The molecule has 0 aliphatic carbocycles. The quantitative estimate of drug-likeness (QED) is 0.798. The normalized spacial score (nSPS) is 18.6. The van der Waals surface area contributed by atoms with E-state index in [1.165, 1.54) is 11.3 Å². The smallest absolute Gasteiger partial charge is 0.236 e. The topological polar surface area (TPSA) is 45.6 Å². The maximum atomic E-state index is 13.9. The number of halogens is 3. The number of rotatable bonds is 2. The monoisotopic (exact) mass is 363 g/mol. The molecule has 0 saturated carbocycles. The van der Waals surface area contributed by atoms with E-state index in [2.05, 4.69) is 15.6 Å². The van der Waals surface area contributed by atoms with Crippen LogP contribution in [-0.4, -0.2) is 18.6 Å². The van der Waals surface area contributed by atoms with Crippen molar-refractivity contribution in [3.05, 3.63) is 69.8 Å². The van der Waals surface area contributed by atoms with Gasteiger partial charge in [0.05, 0.1) is 5.69 Å². The van der Waals surface area contributed by atoms with Crippen molar-refractivity contribution in [2.45, 2.75) is 6.17 Å². The van der Waals surface area contributed by atoms with Gasteiger partial charge in [0.15, 0.2) is 17.4 Å². The van der Waals surface area contributed by atoms with Gasteiger partial charge in [-0.15, -0.1) is 11.3 Å². The predicted molar refractivity (Wildman–Crippen MR) is 90.4 cm³/mol. The summed E-state index contributed by atoms with van der Waals surface area (Å²) in [4.78, 5) is 5.14. The Bertz CT molecular complexity index is 920. The molecule has 1 atom stereocenters. The first-order valence-corrected chi connectivity index (χ1v) is 8.35. The maximum absolute atomic E-state index is 13.9. The zero-order valence-corrected chi connectivity index (χ0v) is 13.5. The number of nitrogens with one attached hydrogen (secondary N) is 2. The molecule has 2 aromatic rings. The van der Waals surface area contributed by atoms with Crippen molar-refractivity contribution in [3.8, 4) is 5.75 Å². The van der Waals surface area contributed by atoms with Crippen LogP contribution in [0, 0.1) is 17.5 Å². The molecule has 25 heavy (non-hydrogen) atoms. The van der Waals surface area contributed by atoms with E-state index in [0.29, 0.717) is 11.4 Å². The summed E-state index contributed by atoms with van der Waals surface area (Å²) in [6.45, 7) is 0.671. The summed E-state index contributed by atoms with van der Waals surface area (Å²) in [5.41, 5.74) is 1.71. The molecular formula is C17H12F3N3OS. The van der Waals surface area contributed by atoms with Gasteiger partial charge in [-0.3, -0.25) is 0 Å². The molecule has 0 spiro atoms. The van der Waals surface area contributed by atoms with Crippen LogP contribution in [-0.2, 0) is 0 Å². The molecule has 1 aromatic carbocycles. The summed E-state index contributed by atoms with van der Waals surface area (Å²) in [5.74, 6) is -4.47. The molecule has 0 amide bonds. The van der Waals surface area contributed by atoms with Crippen molar-refractivity contribution < 1.29 is 17.9 Å². The lowest BCUT2D eigenvalue weighted by Crippen LogP contribution is -2.30. The average molecular weight is 363 g/mol. The maximum Gasteiger partial charge on any atom is 0.236 e. The zero-order valence-electron chi connectivity index (χ0n) is 12.7. The fraction of sp³-hybridized carbons (Fsp3) is 0.118. The van der Waals surface area contributed by atoms with E-state index in [1.807, 2.05) is 29.8 Å². The van der Waals surface area contributed by atoms with Crippen molar-refractivity contribution in [2.24, 2.45) is 4.99 Å². The Hall–Kier alpha value is -2.74. The number of aliphatic imine (C=N–C) groups is 1. The first kappa shape index (κ1) is 15.8. The molecule has 0 saturated heterocycles. The van der Waals surface area contributed by atoms with Gasteiger partial charge in [0.1, 0.15) is 11.0 Å². The molecule has 0 radical (unpaired) electrons. The first-order valence-electron chi connectivity index (χ1n) is 7.47. The van der Waals surface area contributed by atoms with Crippen LogP contribution < -0.4 is 15.4 Å². The van der Waals surface area contributed by atoms with E-state index in [1.54, 1.807) is 0 Å². The van der Waals surface area contributed by atoms with Crippen molar-refractivity contribution in [2.75, 3.05) is 11.9 Å². The van der Waals surface area contributed by atoms with Crippen molar-refractivity contribution in [1.82, 2.24) is 5.32 Å². The third-order valence-corrected chi connectivity index (χ3v) is 4.67. The largest absolute Gasteiger partial charge is 0.435 e. The van der Waals surface area contributed by atoms with Crippen molar-refractivity contribution >= 4 is 22.9 Å². The molecule has 1 unspecified atom stereocenters. The average Bonchev–Trinajstić information content (AvgIpc) is 3.12. The Kier molecular flexibility index (Phi) is 3.96. The number of thiophene rings is 1. The second kappa shape index (κ2) is 6.29. The Labute approximate surface area is 145 Å². The van der Waals surface area contributed by atoms with Crippen LogP contribution in [0.4, 0.5) is 18.9 Å². The molecule has 2 N–H and O–H groups in total. The summed E-state index contributed by atoms with van der Waals surface area (Å²) in [7, 11) is 0. The Morgan fingerprint density at radius 1 is 1.16 bits per heavy atom. The van der Waals surface area contributed by atoms with E-state index < -0.39 is 29.4 Å². The van der Waals surface area contributed by atoms with E-state index in [-0.39, 0.29) is 5.90 Å². The Morgan fingerprint density at radius 2 is 2.04 bits per heavy atom. The highest BCUT2D eigenvalue weighted by atomic mass is 32.1. The predicted octanol–water partition coefficient (Wildman–Crippen LogP) is 3.79. The zero-order chi connectivity index (χ0) is 17.4.